The van der Waals surface area contributed by atoms with Gasteiger partial charge in [0.05, 0.1) is 6.61 Å². The largest absolute Gasteiger partial charge is 0.338 e. The van der Waals surface area contributed by atoms with Gasteiger partial charge in [-0.2, -0.15) is 0 Å². The number of likely N-dealkylation sites (tertiary alicyclic amines) is 1. The molecule has 0 atom stereocenters. The number of rotatable bonds is 6. The number of nitrogens with zero attached hydrogens (tertiary/aromatic N) is 1. The van der Waals surface area contributed by atoms with Crippen LogP contribution in [0.25, 0.3) is 0 Å². The van der Waals surface area contributed by atoms with Gasteiger partial charge in [-0.15, -0.1) is 0 Å². The summed E-state index contributed by atoms with van der Waals surface area (Å²) in [5, 5.41) is 2.75. The van der Waals surface area contributed by atoms with Gasteiger partial charge >= 0.3 is 6.03 Å². The average Bonchev–Trinajstić information content (AvgIpc) is 2.52. The van der Waals surface area contributed by atoms with Crippen molar-refractivity contribution >= 4 is 6.03 Å². The predicted molar refractivity (Wildman–Crippen MR) is 78.1 cm³/mol. The molecule has 1 fully saturated rings. The van der Waals surface area contributed by atoms with Crippen molar-refractivity contribution in [3.8, 4) is 0 Å². The maximum Gasteiger partial charge on any atom is 0.338 e. The molecule has 0 bridgehead atoms. The number of piperidine rings is 1. The molecule has 1 aliphatic heterocycles. The highest BCUT2D eigenvalue weighted by molar-refractivity contribution is 5.72. The lowest BCUT2D eigenvalue weighted by molar-refractivity contribution is 0.0416. The summed E-state index contributed by atoms with van der Waals surface area (Å²) in [5.74, 6) is 0. The molecule has 1 heterocycles. The van der Waals surface area contributed by atoms with E-state index >= 15 is 0 Å². The molecule has 2 N–H and O–H groups in total. The second-order valence-corrected chi connectivity index (χ2v) is 5.02. The van der Waals surface area contributed by atoms with Crippen molar-refractivity contribution in [2.24, 2.45) is 0 Å². The molecule has 5 heteroatoms. The highest BCUT2D eigenvalue weighted by Gasteiger charge is 2.09. The van der Waals surface area contributed by atoms with E-state index in [0.717, 1.165) is 25.2 Å². The first-order chi connectivity index (χ1) is 9.84. The average molecular weight is 277 g/mol. The molecule has 110 valence electrons. The van der Waals surface area contributed by atoms with Crippen molar-refractivity contribution in [1.29, 1.82) is 0 Å². The van der Waals surface area contributed by atoms with Gasteiger partial charge in [0.15, 0.2) is 0 Å². The van der Waals surface area contributed by atoms with E-state index in [-0.39, 0.29) is 6.03 Å². The molecular formula is C15H23N3O2. The lowest BCUT2D eigenvalue weighted by Crippen LogP contribution is -2.38. The minimum Gasteiger partial charge on any atom is -0.332 e. The van der Waals surface area contributed by atoms with Crippen molar-refractivity contribution in [1.82, 2.24) is 15.7 Å². The van der Waals surface area contributed by atoms with Crippen LogP contribution in [0.1, 0.15) is 24.8 Å². The number of hydrogen-bond acceptors (Lipinski definition) is 3. The number of benzene rings is 1. The number of amides is 2. The first-order valence-corrected chi connectivity index (χ1v) is 7.26. The SMILES string of the molecule is O=C(NCc1ccccc1)NOCCN1CCCCC1. The van der Waals surface area contributed by atoms with Crippen LogP contribution in [0.15, 0.2) is 30.3 Å². The second-order valence-electron chi connectivity index (χ2n) is 5.02. The van der Waals surface area contributed by atoms with Gasteiger partial charge in [0.2, 0.25) is 0 Å². The van der Waals surface area contributed by atoms with Gasteiger partial charge in [-0.05, 0) is 31.5 Å². The molecule has 20 heavy (non-hydrogen) atoms. The van der Waals surface area contributed by atoms with E-state index in [1.165, 1.54) is 19.3 Å². The number of nitrogens with one attached hydrogen (secondary N) is 2. The minimum absolute atomic E-state index is 0.299. The first-order valence-electron chi connectivity index (χ1n) is 7.26. The van der Waals surface area contributed by atoms with Crippen molar-refractivity contribution in [2.75, 3.05) is 26.2 Å². The molecule has 1 aromatic rings. The molecule has 0 radical (unpaired) electrons. The Morgan fingerprint density at radius 3 is 2.65 bits per heavy atom. The zero-order chi connectivity index (χ0) is 14.0. The maximum absolute atomic E-state index is 11.5. The Morgan fingerprint density at radius 2 is 1.90 bits per heavy atom. The third-order valence-electron chi connectivity index (χ3n) is 3.42. The fourth-order valence-electron chi connectivity index (χ4n) is 2.29. The van der Waals surface area contributed by atoms with Crippen LogP contribution in [0, 0.1) is 0 Å². The summed E-state index contributed by atoms with van der Waals surface area (Å²) < 4.78 is 0. The van der Waals surface area contributed by atoms with E-state index in [1.807, 2.05) is 30.3 Å². The van der Waals surface area contributed by atoms with Gasteiger partial charge in [-0.3, -0.25) is 4.84 Å². The Bertz CT molecular complexity index is 391. The van der Waals surface area contributed by atoms with Crippen LogP contribution >= 0.6 is 0 Å². The summed E-state index contributed by atoms with van der Waals surface area (Å²) in [6.07, 6.45) is 3.87. The molecule has 0 unspecified atom stereocenters. The molecule has 1 aromatic carbocycles. The molecule has 0 spiro atoms. The maximum atomic E-state index is 11.5. The van der Waals surface area contributed by atoms with Crippen LogP contribution in [0.2, 0.25) is 0 Å². The van der Waals surface area contributed by atoms with Gasteiger partial charge in [-0.25, -0.2) is 10.3 Å². The summed E-state index contributed by atoms with van der Waals surface area (Å²) >= 11 is 0. The Kier molecular flexibility index (Phi) is 6.34. The van der Waals surface area contributed by atoms with Crippen LogP contribution in [0.5, 0.6) is 0 Å². The van der Waals surface area contributed by atoms with Gasteiger partial charge in [0, 0.05) is 13.1 Å². The molecule has 2 amide bonds. The topological polar surface area (TPSA) is 53.6 Å². The van der Waals surface area contributed by atoms with Gasteiger partial charge in [0.1, 0.15) is 0 Å². The Hall–Kier alpha value is -1.59. The summed E-state index contributed by atoms with van der Waals surface area (Å²) in [5.41, 5.74) is 3.48. The zero-order valence-electron chi connectivity index (χ0n) is 11.8. The fourth-order valence-corrected chi connectivity index (χ4v) is 2.29. The summed E-state index contributed by atoms with van der Waals surface area (Å²) in [7, 11) is 0. The zero-order valence-corrected chi connectivity index (χ0v) is 11.8. The van der Waals surface area contributed by atoms with E-state index in [0.29, 0.717) is 13.2 Å². The quantitative estimate of drug-likeness (QED) is 0.617. The second kappa shape index (κ2) is 8.55. The smallest absolute Gasteiger partial charge is 0.332 e. The first kappa shape index (κ1) is 14.8. The van der Waals surface area contributed by atoms with E-state index in [9.17, 15) is 4.79 Å². The van der Waals surface area contributed by atoms with Gasteiger partial charge < -0.3 is 10.2 Å². The van der Waals surface area contributed by atoms with Crippen LogP contribution in [-0.2, 0) is 11.4 Å². The summed E-state index contributed by atoms with van der Waals surface area (Å²) in [6, 6.07) is 9.49. The summed E-state index contributed by atoms with van der Waals surface area (Å²) in [6.45, 7) is 4.19. The van der Waals surface area contributed by atoms with Crippen molar-refractivity contribution in [3.05, 3.63) is 35.9 Å². The van der Waals surface area contributed by atoms with Crippen molar-refractivity contribution in [3.63, 3.8) is 0 Å². The Morgan fingerprint density at radius 1 is 1.15 bits per heavy atom. The molecule has 0 saturated carbocycles. The monoisotopic (exact) mass is 277 g/mol. The third kappa shape index (κ3) is 5.59. The van der Waals surface area contributed by atoms with E-state index in [4.69, 9.17) is 4.84 Å². The van der Waals surface area contributed by atoms with Crippen LogP contribution in [0.4, 0.5) is 4.79 Å². The van der Waals surface area contributed by atoms with Crippen LogP contribution in [-0.4, -0.2) is 37.2 Å². The van der Waals surface area contributed by atoms with E-state index in [1.54, 1.807) is 0 Å². The molecule has 1 saturated heterocycles. The lowest BCUT2D eigenvalue weighted by atomic mass is 10.1. The summed E-state index contributed by atoms with van der Waals surface area (Å²) in [4.78, 5) is 19.1. The predicted octanol–water partition coefficient (Wildman–Crippen LogP) is 1.90. The number of carbonyl (C=O) groups excluding carboxylic acids is 1. The lowest BCUT2D eigenvalue weighted by Gasteiger charge is -2.25. The van der Waals surface area contributed by atoms with Crippen molar-refractivity contribution < 1.29 is 9.63 Å². The number of carbonyl (C=O) groups is 1. The number of hydrogen-bond donors (Lipinski definition) is 2. The molecular weight excluding hydrogens is 254 g/mol. The Labute approximate surface area is 120 Å². The van der Waals surface area contributed by atoms with Crippen LogP contribution in [0.3, 0.4) is 0 Å². The molecule has 0 aliphatic carbocycles. The number of urea groups is 1. The molecule has 1 aliphatic rings. The molecule has 5 nitrogen and oxygen atoms in total. The fraction of sp³-hybridized carbons (Fsp3) is 0.533. The molecule has 2 rings (SSSR count). The highest BCUT2D eigenvalue weighted by Crippen LogP contribution is 2.07. The van der Waals surface area contributed by atoms with Crippen molar-refractivity contribution in [2.45, 2.75) is 25.8 Å². The minimum atomic E-state index is -0.299. The van der Waals surface area contributed by atoms with Crippen LogP contribution < -0.4 is 10.8 Å². The van der Waals surface area contributed by atoms with Gasteiger partial charge in [0.25, 0.3) is 0 Å². The Balaban J connectivity index is 1.51. The normalized spacial score (nSPS) is 15.8. The number of hydroxylamine groups is 1. The molecule has 0 aromatic heterocycles. The standard InChI is InChI=1S/C15H23N3O2/c19-15(16-13-14-7-3-1-4-8-14)17-20-12-11-18-9-5-2-6-10-18/h1,3-4,7-8H,2,5-6,9-13H2,(H2,16,17,19). The highest BCUT2D eigenvalue weighted by atomic mass is 16.7. The van der Waals surface area contributed by atoms with Gasteiger partial charge in [-0.1, -0.05) is 36.8 Å². The third-order valence-corrected chi connectivity index (χ3v) is 3.42. The van der Waals surface area contributed by atoms with E-state index < -0.39 is 0 Å². The van der Waals surface area contributed by atoms with E-state index in [2.05, 4.69) is 15.7 Å².